The van der Waals surface area contributed by atoms with E-state index >= 15 is 0 Å². The largest absolute Gasteiger partial charge is 0.317 e. The quantitative estimate of drug-likeness (QED) is 0.886. The molecule has 7 heteroatoms. The van der Waals surface area contributed by atoms with Gasteiger partial charge >= 0.3 is 0 Å². The van der Waals surface area contributed by atoms with Crippen molar-refractivity contribution in [3.8, 4) is 0 Å². The minimum Gasteiger partial charge on any atom is -0.317 e. The summed E-state index contributed by atoms with van der Waals surface area (Å²) in [6, 6.07) is 0. The Balaban J connectivity index is 1.84. The molecule has 5 nitrogen and oxygen atoms in total. The number of thiazole rings is 1. The van der Waals surface area contributed by atoms with E-state index in [9.17, 15) is 0 Å². The van der Waals surface area contributed by atoms with Crippen molar-refractivity contribution in [2.24, 2.45) is 0 Å². The van der Waals surface area contributed by atoms with Gasteiger partial charge in [0.1, 0.15) is 21.5 Å². The first kappa shape index (κ1) is 11.5. The molecular formula is C9H12ClN5S. The van der Waals surface area contributed by atoms with Crippen LogP contribution < -0.4 is 5.32 Å². The molecule has 0 saturated heterocycles. The van der Waals surface area contributed by atoms with E-state index in [1.54, 1.807) is 12.5 Å². The molecule has 0 radical (unpaired) electrons. The van der Waals surface area contributed by atoms with Crippen LogP contribution in [0.1, 0.15) is 17.8 Å². The highest BCUT2D eigenvalue weighted by Crippen LogP contribution is 2.17. The summed E-state index contributed by atoms with van der Waals surface area (Å²) in [4.78, 5) is 4.16. The first-order valence-electron chi connectivity index (χ1n) is 4.97. The van der Waals surface area contributed by atoms with Gasteiger partial charge in [0.25, 0.3) is 0 Å². The smallest absolute Gasteiger partial charge is 0.146 e. The van der Waals surface area contributed by atoms with Crippen molar-refractivity contribution >= 4 is 22.9 Å². The SMILES string of the molecule is CCn1cnnc1CNCc1ncc(Cl)s1. The van der Waals surface area contributed by atoms with Crippen LogP contribution in [0.3, 0.4) is 0 Å². The maximum Gasteiger partial charge on any atom is 0.146 e. The molecular weight excluding hydrogens is 246 g/mol. The lowest BCUT2D eigenvalue weighted by Crippen LogP contribution is -2.16. The zero-order valence-corrected chi connectivity index (χ0v) is 10.4. The molecule has 2 aromatic heterocycles. The van der Waals surface area contributed by atoms with Crippen LogP contribution in [0.2, 0.25) is 4.34 Å². The zero-order valence-electron chi connectivity index (χ0n) is 8.85. The van der Waals surface area contributed by atoms with Gasteiger partial charge in [0.05, 0.1) is 12.7 Å². The van der Waals surface area contributed by atoms with Gasteiger partial charge < -0.3 is 9.88 Å². The Morgan fingerprint density at radius 3 is 3.06 bits per heavy atom. The second-order valence-corrected chi connectivity index (χ2v) is 4.94. The van der Waals surface area contributed by atoms with E-state index in [0.29, 0.717) is 17.4 Å². The van der Waals surface area contributed by atoms with Crippen molar-refractivity contribution < 1.29 is 0 Å². The average molecular weight is 258 g/mol. The van der Waals surface area contributed by atoms with Crippen LogP contribution in [0, 0.1) is 0 Å². The molecule has 0 aliphatic heterocycles. The summed E-state index contributed by atoms with van der Waals surface area (Å²) in [7, 11) is 0. The lowest BCUT2D eigenvalue weighted by Gasteiger charge is -2.03. The van der Waals surface area contributed by atoms with E-state index in [1.165, 1.54) is 11.3 Å². The van der Waals surface area contributed by atoms with Gasteiger partial charge in [0.2, 0.25) is 0 Å². The Morgan fingerprint density at radius 2 is 2.38 bits per heavy atom. The van der Waals surface area contributed by atoms with E-state index in [0.717, 1.165) is 17.4 Å². The van der Waals surface area contributed by atoms with Gasteiger partial charge in [-0.1, -0.05) is 11.6 Å². The van der Waals surface area contributed by atoms with E-state index in [2.05, 4.69) is 27.4 Å². The zero-order chi connectivity index (χ0) is 11.4. The third kappa shape index (κ3) is 2.78. The molecule has 0 aliphatic rings. The molecule has 0 aliphatic carbocycles. The minimum atomic E-state index is 0.686. The molecule has 86 valence electrons. The number of hydrogen-bond acceptors (Lipinski definition) is 5. The first-order valence-corrected chi connectivity index (χ1v) is 6.16. The van der Waals surface area contributed by atoms with Gasteiger partial charge in [-0.2, -0.15) is 0 Å². The minimum absolute atomic E-state index is 0.686. The van der Waals surface area contributed by atoms with Crippen LogP contribution in [-0.4, -0.2) is 19.7 Å². The molecule has 2 aromatic rings. The van der Waals surface area contributed by atoms with Crippen LogP contribution >= 0.6 is 22.9 Å². The van der Waals surface area contributed by atoms with Crippen LogP contribution in [-0.2, 0) is 19.6 Å². The first-order chi connectivity index (χ1) is 7.79. The Hall–Kier alpha value is -0.980. The molecule has 0 aromatic carbocycles. The van der Waals surface area contributed by atoms with Gasteiger partial charge in [0.15, 0.2) is 0 Å². The molecule has 0 fully saturated rings. The third-order valence-corrected chi connectivity index (χ3v) is 3.24. The van der Waals surface area contributed by atoms with Crippen molar-refractivity contribution in [1.29, 1.82) is 0 Å². The third-order valence-electron chi connectivity index (χ3n) is 2.12. The molecule has 0 atom stereocenters. The Bertz CT molecular complexity index is 452. The van der Waals surface area contributed by atoms with Crippen LogP contribution in [0.4, 0.5) is 0 Å². The molecule has 0 bridgehead atoms. The molecule has 0 saturated carbocycles. The standard InChI is InChI=1S/C9H12ClN5S/c1-2-15-6-13-14-8(15)4-11-5-9-12-3-7(10)16-9/h3,6,11H,2,4-5H2,1H3. The molecule has 0 spiro atoms. The second kappa shape index (κ2) is 5.38. The van der Waals surface area contributed by atoms with Crippen molar-refractivity contribution in [2.75, 3.05) is 0 Å². The Morgan fingerprint density at radius 1 is 1.50 bits per heavy atom. The maximum atomic E-state index is 5.79. The lowest BCUT2D eigenvalue weighted by atomic mass is 10.5. The summed E-state index contributed by atoms with van der Waals surface area (Å²) < 4.78 is 2.72. The number of nitrogens with zero attached hydrogens (tertiary/aromatic N) is 4. The predicted molar refractivity (Wildman–Crippen MR) is 63.4 cm³/mol. The second-order valence-electron chi connectivity index (χ2n) is 3.19. The van der Waals surface area contributed by atoms with Crippen LogP contribution in [0.15, 0.2) is 12.5 Å². The monoisotopic (exact) mass is 257 g/mol. The van der Waals surface area contributed by atoms with Gasteiger partial charge in [-0.3, -0.25) is 0 Å². The summed E-state index contributed by atoms with van der Waals surface area (Å²) >= 11 is 7.27. The van der Waals surface area contributed by atoms with Crippen molar-refractivity contribution in [3.63, 3.8) is 0 Å². The maximum absolute atomic E-state index is 5.79. The summed E-state index contributed by atoms with van der Waals surface area (Å²) in [5.41, 5.74) is 0. The van der Waals surface area contributed by atoms with Gasteiger partial charge in [0, 0.05) is 13.1 Å². The highest BCUT2D eigenvalue weighted by atomic mass is 35.5. The Kier molecular flexibility index (Phi) is 3.87. The number of hydrogen-bond donors (Lipinski definition) is 1. The number of aryl methyl sites for hydroxylation is 1. The number of halogens is 1. The number of rotatable bonds is 5. The summed E-state index contributed by atoms with van der Waals surface area (Å²) in [6.07, 6.45) is 3.40. The molecule has 16 heavy (non-hydrogen) atoms. The van der Waals surface area contributed by atoms with E-state index in [-0.39, 0.29) is 0 Å². The van der Waals surface area contributed by atoms with E-state index < -0.39 is 0 Å². The fourth-order valence-electron chi connectivity index (χ4n) is 1.33. The number of nitrogens with one attached hydrogen (secondary N) is 1. The van der Waals surface area contributed by atoms with Crippen molar-refractivity contribution in [1.82, 2.24) is 25.1 Å². The molecule has 1 N–H and O–H groups in total. The normalized spacial score (nSPS) is 10.9. The highest BCUT2D eigenvalue weighted by molar-refractivity contribution is 7.15. The molecule has 2 rings (SSSR count). The lowest BCUT2D eigenvalue weighted by molar-refractivity contribution is 0.611. The number of aromatic nitrogens is 4. The van der Waals surface area contributed by atoms with Crippen LogP contribution in [0.25, 0.3) is 0 Å². The van der Waals surface area contributed by atoms with Crippen LogP contribution in [0.5, 0.6) is 0 Å². The van der Waals surface area contributed by atoms with Gasteiger partial charge in [-0.25, -0.2) is 4.98 Å². The van der Waals surface area contributed by atoms with Gasteiger partial charge in [-0.05, 0) is 6.92 Å². The van der Waals surface area contributed by atoms with Gasteiger partial charge in [-0.15, -0.1) is 21.5 Å². The highest BCUT2D eigenvalue weighted by Gasteiger charge is 2.03. The summed E-state index contributed by atoms with van der Waals surface area (Å²) in [5.74, 6) is 0.935. The fraction of sp³-hybridized carbons (Fsp3) is 0.444. The topological polar surface area (TPSA) is 55.6 Å². The molecule has 0 unspecified atom stereocenters. The van der Waals surface area contributed by atoms with Crippen molar-refractivity contribution in [3.05, 3.63) is 27.7 Å². The summed E-state index contributed by atoms with van der Waals surface area (Å²) in [5, 5.41) is 12.1. The predicted octanol–water partition coefficient (Wildman–Crippen LogP) is 1.70. The van der Waals surface area contributed by atoms with E-state index in [4.69, 9.17) is 11.6 Å². The van der Waals surface area contributed by atoms with Crippen molar-refractivity contribution in [2.45, 2.75) is 26.6 Å². The molecule has 0 amide bonds. The Labute approximate surface area is 102 Å². The van der Waals surface area contributed by atoms with E-state index in [1.807, 2.05) is 4.57 Å². The fourth-order valence-corrected chi connectivity index (χ4v) is 2.26. The summed E-state index contributed by atoms with van der Waals surface area (Å²) in [6.45, 7) is 4.33. The molecule has 2 heterocycles. The average Bonchev–Trinajstić information content (AvgIpc) is 2.87.